The van der Waals surface area contributed by atoms with E-state index in [0.29, 0.717) is 0 Å². The summed E-state index contributed by atoms with van der Waals surface area (Å²) in [6, 6.07) is 41.6. The normalized spacial score (nSPS) is 13.8. The Morgan fingerprint density at radius 3 is 2.22 bits per heavy atom. The molecule has 3 nitrogen and oxygen atoms in total. The van der Waals surface area contributed by atoms with Crippen LogP contribution >= 0.6 is 11.3 Å². The highest BCUT2D eigenvalue weighted by molar-refractivity contribution is 7.25. The van der Waals surface area contributed by atoms with Crippen molar-refractivity contribution in [3.8, 4) is 28.3 Å². The molecule has 0 N–H and O–H groups in total. The molecule has 5 aromatic carbocycles. The van der Waals surface area contributed by atoms with Gasteiger partial charge in [0.05, 0.1) is 11.0 Å². The SMILES string of the molecule is C[Si]1(C)c2ccccc2-c2c(-n3c4ccccc4c4cc5c(cc43)sc3ccccc35)nc(-c3ccccc3)nc21. The second kappa shape index (κ2) is 8.23. The van der Waals surface area contributed by atoms with Gasteiger partial charge in [-0.15, -0.1) is 11.3 Å². The first-order valence-corrected chi connectivity index (χ1v) is 17.8. The van der Waals surface area contributed by atoms with Gasteiger partial charge in [-0.05, 0) is 35.0 Å². The van der Waals surface area contributed by atoms with Gasteiger partial charge in [0.25, 0.3) is 0 Å². The number of hydrogen-bond donors (Lipinski definition) is 0. The lowest BCUT2D eigenvalue weighted by Gasteiger charge is -2.19. The first-order valence-electron chi connectivity index (χ1n) is 14.0. The van der Waals surface area contributed by atoms with E-state index in [4.69, 9.17) is 9.97 Å². The van der Waals surface area contributed by atoms with Crippen LogP contribution in [0, 0.1) is 0 Å². The van der Waals surface area contributed by atoms with Crippen LogP contribution in [0.4, 0.5) is 0 Å². The molecule has 0 amide bonds. The Hall–Kier alpha value is -4.58. The minimum Gasteiger partial charge on any atom is -0.293 e. The van der Waals surface area contributed by atoms with Crippen molar-refractivity contribution in [3.63, 3.8) is 0 Å². The second-order valence-corrected chi connectivity index (χ2v) is 16.8. The smallest absolute Gasteiger partial charge is 0.161 e. The summed E-state index contributed by atoms with van der Waals surface area (Å²) in [7, 11) is -2.05. The van der Waals surface area contributed by atoms with Gasteiger partial charge in [-0.3, -0.25) is 4.57 Å². The fourth-order valence-corrected chi connectivity index (χ4v) is 10.8. The zero-order valence-electron chi connectivity index (χ0n) is 22.7. The molecule has 0 unspecified atom stereocenters. The Bertz CT molecular complexity index is 2350. The third-order valence-corrected chi connectivity index (χ3v) is 13.2. The number of nitrogens with zero attached hydrogens (tertiary/aromatic N) is 3. The lowest BCUT2D eigenvalue weighted by atomic mass is 10.1. The van der Waals surface area contributed by atoms with Crippen LogP contribution in [-0.4, -0.2) is 22.6 Å². The van der Waals surface area contributed by atoms with Gasteiger partial charge >= 0.3 is 0 Å². The molecule has 0 saturated carbocycles. The van der Waals surface area contributed by atoms with Crippen molar-refractivity contribution in [2.45, 2.75) is 13.1 Å². The molecule has 0 atom stereocenters. The summed E-state index contributed by atoms with van der Waals surface area (Å²) in [4.78, 5) is 10.8. The molecule has 0 spiro atoms. The van der Waals surface area contributed by atoms with Gasteiger partial charge in [-0.25, -0.2) is 9.97 Å². The van der Waals surface area contributed by atoms with Gasteiger partial charge in [0.15, 0.2) is 5.82 Å². The van der Waals surface area contributed by atoms with Crippen LogP contribution in [0.3, 0.4) is 0 Å². The molecular formula is C36H25N3SSi. The van der Waals surface area contributed by atoms with Crippen molar-refractivity contribution in [1.29, 1.82) is 0 Å². The van der Waals surface area contributed by atoms with E-state index >= 15 is 0 Å². The van der Waals surface area contributed by atoms with Gasteiger partial charge in [0, 0.05) is 47.4 Å². The van der Waals surface area contributed by atoms with E-state index in [1.165, 1.54) is 63.6 Å². The maximum atomic E-state index is 5.42. The molecule has 3 aromatic heterocycles. The molecule has 8 aromatic rings. The Morgan fingerprint density at radius 2 is 1.34 bits per heavy atom. The summed E-state index contributed by atoms with van der Waals surface area (Å²) in [5, 5.41) is 7.80. The third-order valence-electron chi connectivity index (χ3n) is 8.77. The summed E-state index contributed by atoms with van der Waals surface area (Å²) >= 11 is 1.86. The van der Waals surface area contributed by atoms with Crippen molar-refractivity contribution in [2.24, 2.45) is 0 Å². The lowest BCUT2D eigenvalue weighted by Crippen LogP contribution is -2.51. The molecule has 0 saturated heterocycles. The predicted molar refractivity (Wildman–Crippen MR) is 177 cm³/mol. The third kappa shape index (κ3) is 3.13. The highest BCUT2D eigenvalue weighted by Gasteiger charge is 2.42. The minimum absolute atomic E-state index is 0.793. The van der Waals surface area contributed by atoms with E-state index in [2.05, 4.69) is 133 Å². The van der Waals surface area contributed by atoms with E-state index in [0.717, 1.165) is 17.2 Å². The monoisotopic (exact) mass is 559 g/mol. The van der Waals surface area contributed by atoms with Crippen LogP contribution in [0.1, 0.15) is 0 Å². The Morgan fingerprint density at radius 1 is 0.610 bits per heavy atom. The van der Waals surface area contributed by atoms with E-state index in [9.17, 15) is 0 Å². The lowest BCUT2D eigenvalue weighted by molar-refractivity contribution is 1.06. The average Bonchev–Trinajstić information content (AvgIpc) is 3.62. The zero-order valence-corrected chi connectivity index (χ0v) is 24.5. The summed E-state index contributed by atoms with van der Waals surface area (Å²) < 4.78 is 5.03. The molecule has 0 radical (unpaired) electrons. The van der Waals surface area contributed by atoms with Crippen molar-refractivity contribution in [2.75, 3.05) is 0 Å². The van der Waals surface area contributed by atoms with E-state index in [1.807, 2.05) is 11.3 Å². The first kappa shape index (κ1) is 23.2. The topological polar surface area (TPSA) is 30.7 Å². The fraction of sp³-hybridized carbons (Fsp3) is 0.0556. The van der Waals surface area contributed by atoms with Gasteiger partial charge in [-0.2, -0.15) is 0 Å². The highest BCUT2D eigenvalue weighted by atomic mass is 32.1. The highest BCUT2D eigenvalue weighted by Crippen LogP contribution is 2.42. The summed E-state index contributed by atoms with van der Waals surface area (Å²) in [6.07, 6.45) is 0. The van der Waals surface area contributed by atoms with E-state index in [-0.39, 0.29) is 0 Å². The van der Waals surface area contributed by atoms with Crippen LogP contribution in [0.25, 0.3) is 70.3 Å². The van der Waals surface area contributed by atoms with Crippen LogP contribution in [0.15, 0.2) is 115 Å². The number of rotatable bonds is 2. The fourth-order valence-electron chi connectivity index (χ4n) is 6.82. The van der Waals surface area contributed by atoms with Crippen molar-refractivity contribution >= 4 is 71.9 Å². The standard InChI is InChI=1S/C36H25N3SSi/c1-41(2)32-19-11-8-16-25(32)33-35(37-34(38-36(33)41)22-12-4-3-5-13-22)39-28-17-9-6-14-23(28)26-20-27-24-15-7-10-18-30(24)40-31(27)21-29(26)39/h3-21H,1-2H3. The van der Waals surface area contributed by atoms with Crippen LogP contribution in [-0.2, 0) is 0 Å². The summed E-state index contributed by atoms with van der Waals surface area (Å²) in [5.41, 5.74) is 5.88. The number of aromatic nitrogens is 3. The maximum absolute atomic E-state index is 5.42. The van der Waals surface area contributed by atoms with Crippen LogP contribution < -0.4 is 10.5 Å². The molecule has 0 fully saturated rings. The summed E-state index contributed by atoms with van der Waals surface area (Å²) in [5.74, 6) is 1.77. The molecule has 0 bridgehead atoms. The van der Waals surface area contributed by atoms with Crippen molar-refractivity contribution in [1.82, 2.24) is 14.5 Å². The Kier molecular flexibility index (Phi) is 4.65. The molecule has 0 aliphatic carbocycles. The first-order chi connectivity index (χ1) is 20.1. The van der Waals surface area contributed by atoms with Gasteiger partial charge in [0.2, 0.25) is 0 Å². The number of thiophene rings is 1. The van der Waals surface area contributed by atoms with Crippen molar-refractivity contribution < 1.29 is 0 Å². The molecule has 1 aliphatic rings. The van der Waals surface area contributed by atoms with Gasteiger partial charge in [0.1, 0.15) is 13.9 Å². The van der Waals surface area contributed by atoms with Crippen molar-refractivity contribution in [3.05, 3.63) is 115 Å². The Labute approximate surface area is 242 Å². The number of benzene rings is 5. The molecule has 194 valence electrons. The zero-order chi connectivity index (χ0) is 27.3. The molecule has 1 aliphatic heterocycles. The average molecular weight is 560 g/mol. The summed E-state index contributed by atoms with van der Waals surface area (Å²) in [6.45, 7) is 4.85. The number of para-hydroxylation sites is 1. The molecular weight excluding hydrogens is 535 g/mol. The molecule has 41 heavy (non-hydrogen) atoms. The number of hydrogen-bond acceptors (Lipinski definition) is 3. The number of fused-ring (bicyclic) bond motifs is 9. The minimum atomic E-state index is -2.05. The van der Waals surface area contributed by atoms with Crippen LogP contribution in [0.2, 0.25) is 13.1 Å². The maximum Gasteiger partial charge on any atom is 0.161 e. The molecule has 5 heteroatoms. The predicted octanol–water partition coefficient (Wildman–Crippen LogP) is 8.41. The van der Waals surface area contributed by atoms with E-state index in [1.54, 1.807) is 0 Å². The van der Waals surface area contributed by atoms with E-state index < -0.39 is 8.07 Å². The quantitative estimate of drug-likeness (QED) is 0.199. The van der Waals surface area contributed by atoms with Crippen LogP contribution in [0.5, 0.6) is 0 Å². The molecule has 9 rings (SSSR count). The van der Waals surface area contributed by atoms with Gasteiger partial charge < -0.3 is 0 Å². The molecule has 4 heterocycles. The largest absolute Gasteiger partial charge is 0.293 e. The van der Waals surface area contributed by atoms with Gasteiger partial charge in [-0.1, -0.05) is 104 Å². The Balaban J connectivity index is 1.47. The second-order valence-electron chi connectivity index (χ2n) is 11.4.